The second-order valence-electron chi connectivity index (χ2n) is 7.80. The minimum Gasteiger partial charge on any atom is -0.493 e. The molecule has 0 saturated carbocycles. The normalized spacial score (nSPS) is 10.6. The van der Waals surface area contributed by atoms with Gasteiger partial charge in [-0.1, -0.05) is 25.5 Å². The van der Waals surface area contributed by atoms with Crippen LogP contribution in [0.1, 0.15) is 38.2 Å². The van der Waals surface area contributed by atoms with Gasteiger partial charge in [-0.05, 0) is 61.2 Å². The SMILES string of the molecule is CCCCc1ccc(NC(=O)CCCn2nc(-c3ccc(OC)c(OC)c3)ccc2=O)cc1. The first kappa shape index (κ1) is 24.0. The van der Waals surface area contributed by atoms with E-state index in [2.05, 4.69) is 29.5 Å². The number of carbonyl (C=O) groups is 1. The molecule has 0 fully saturated rings. The van der Waals surface area contributed by atoms with Gasteiger partial charge in [0.15, 0.2) is 11.5 Å². The molecule has 0 aliphatic carbocycles. The van der Waals surface area contributed by atoms with Crippen molar-refractivity contribution in [2.75, 3.05) is 19.5 Å². The molecule has 1 N–H and O–H groups in total. The van der Waals surface area contributed by atoms with Crippen LogP contribution in [0.15, 0.2) is 59.4 Å². The molecule has 7 nitrogen and oxygen atoms in total. The second-order valence-corrected chi connectivity index (χ2v) is 7.80. The first-order chi connectivity index (χ1) is 16.0. The standard InChI is InChI=1S/C26H31N3O4/c1-4-5-7-19-9-12-21(13-10-19)27-25(30)8-6-17-29-26(31)16-14-22(28-29)20-11-15-23(32-2)24(18-20)33-3/h9-16,18H,4-8,17H2,1-3H3,(H,27,30). The lowest BCUT2D eigenvalue weighted by Gasteiger charge is -2.11. The molecule has 3 rings (SSSR count). The maximum atomic E-state index is 12.3. The molecule has 3 aromatic rings. The average Bonchev–Trinajstić information content (AvgIpc) is 2.84. The molecule has 0 bridgehead atoms. The fourth-order valence-corrected chi connectivity index (χ4v) is 3.51. The van der Waals surface area contributed by atoms with E-state index in [9.17, 15) is 9.59 Å². The molecule has 174 valence electrons. The molecule has 0 spiro atoms. The molecular weight excluding hydrogens is 418 g/mol. The molecule has 1 heterocycles. The zero-order chi connectivity index (χ0) is 23.6. The van der Waals surface area contributed by atoms with Crippen molar-refractivity contribution in [3.63, 3.8) is 0 Å². The summed E-state index contributed by atoms with van der Waals surface area (Å²) in [6.45, 7) is 2.52. The molecule has 33 heavy (non-hydrogen) atoms. The van der Waals surface area contributed by atoms with Gasteiger partial charge >= 0.3 is 0 Å². The van der Waals surface area contributed by atoms with Gasteiger partial charge in [-0.15, -0.1) is 0 Å². The van der Waals surface area contributed by atoms with Gasteiger partial charge < -0.3 is 14.8 Å². The smallest absolute Gasteiger partial charge is 0.266 e. The highest BCUT2D eigenvalue weighted by Crippen LogP contribution is 2.31. The quantitative estimate of drug-likeness (QED) is 0.459. The zero-order valence-corrected chi connectivity index (χ0v) is 19.5. The monoisotopic (exact) mass is 449 g/mol. The third-order valence-electron chi connectivity index (χ3n) is 5.38. The van der Waals surface area contributed by atoms with E-state index in [0.29, 0.717) is 36.6 Å². The predicted molar refractivity (Wildman–Crippen MR) is 130 cm³/mol. The van der Waals surface area contributed by atoms with E-state index in [1.54, 1.807) is 26.4 Å². The highest BCUT2D eigenvalue weighted by atomic mass is 16.5. The van der Waals surface area contributed by atoms with Gasteiger partial charge in [0.05, 0.1) is 19.9 Å². The number of hydrogen-bond donors (Lipinski definition) is 1. The van der Waals surface area contributed by atoms with Gasteiger partial charge in [0.25, 0.3) is 5.56 Å². The van der Waals surface area contributed by atoms with E-state index in [-0.39, 0.29) is 11.5 Å². The Hall–Kier alpha value is -3.61. The predicted octanol–water partition coefficient (Wildman–Crippen LogP) is 4.69. The summed E-state index contributed by atoms with van der Waals surface area (Å²) in [7, 11) is 3.15. The summed E-state index contributed by atoms with van der Waals surface area (Å²) in [5.74, 6) is 1.13. The second kappa shape index (κ2) is 11.9. The summed E-state index contributed by atoms with van der Waals surface area (Å²) in [4.78, 5) is 24.6. The Bertz CT molecular complexity index is 1120. The van der Waals surface area contributed by atoms with E-state index < -0.39 is 0 Å². The Labute approximate surface area is 194 Å². The topological polar surface area (TPSA) is 82.5 Å². The van der Waals surface area contributed by atoms with Crippen molar-refractivity contribution < 1.29 is 14.3 Å². The van der Waals surface area contributed by atoms with E-state index in [1.807, 2.05) is 24.3 Å². The fraction of sp³-hybridized carbons (Fsp3) is 0.346. The molecule has 0 unspecified atom stereocenters. The molecule has 0 aliphatic rings. The number of hydrogen-bond acceptors (Lipinski definition) is 5. The number of amides is 1. The van der Waals surface area contributed by atoms with Crippen LogP contribution in [-0.2, 0) is 17.8 Å². The number of ether oxygens (including phenoxy) is 2. The number of anilines is 1. The summed E-state index contributed by atoms with van der Waals surface area (Å²) in [5.41, 5.74) is 3.30. The number of methoxy groups -OCH3 is 2. The minimum atomic E-state index is -0.206. The number of rotatable bonds is 11. The minimum absolute atomic E-state index is 0.0830. The highest BCUT2D eigenvalue weighted by Gasteiger charge is 2.10. The van der Waals surface area contributed by atoms with Gasteiger partial charge in [-0.25, -0.2) is 4.68 Å². The van der Waals surface area contributed by atoms with Gasteiger partial charge in [-0.3, -0.25) is 9.59 Å². The number of benzene rings is 2. The Morgan fingerprint density at radius 3 is 2.42 bits per heavy atom. The molecule has 1 amide bonds. The largest absolute Gasteiger partial charge is 0.493 e. The summed E-state index contributed by atoms with van der Waals surface area (Å²) >= 11 is 0. The molecular formula is C26H31N3O4. The molecule has 0 radical (unpaired) electrons. The summed E-state index contributed by atoms with van der Waals surface area (Å²) in [5, 5.41) is 7.38. The third-order valence-corrected chi connectivity index (χ3v) is 5.38. The number of unbranched alkanes of at least 4 members (excludes halogenated alkanes) is 1. The van der Waals surface area contributed by atoms with Crippen LogP contribution in [0, 0.1) is 0 Å². The third kappa shape index (κ3) is 6.68. The van der Waals surface area contributed by atoms with Crippen molar-refractivity contribution in [1.29, 1.82) is 0 Å². The van der Waals surface area contributed by atoms with Crippen LogP contribution >= 0.6 is 0 Å². The van der Waals surface area contributed by atoms with E-state index >= 15 is 0 Å². The number of aromatic nitrogens is 2. The Morgan fingerprint density at radius 1 is 0.970 bits per heavy atom. The van der Waals surface area contributed by atoms with E-state index in [1.165, 1.54) is 16.3 Å². The molecule has 2 aromatic carbocycles. The van der Waals surface area contributed by atoms with E-state index in [0.717, 1.165) is 30.5 Å². The van der Waals surface area contributed by atoms with Crippen molar-refractivity contribution in [1.82, 2.24) is 9.78 Å². The summed E-state index contributed by atoms with van der Waals surface area (Å²) in [6.07, 6.45) is 4.17. The van der Waals surface area contributed by atoms with Crippen molar-refractivity contribution >= 4 is 11.6 Å². The molecule has 1 aromatic heterocycles. The van der Waals surface area contributed by atoms with Crippen LogP contribution in [0.4, 0.5) is 5.69 Å². The van der Waals surface area contributed by atoms with Gasteiger partial charge in [0.1, 0.15) is 0 Å². The van der Waals surface area contributed by atoms with Crippen molar-refractivity contribution in [2.24, 2.45) is 0 Å². The zero-order valence-electron chi connectivity index (χ0n) is 19.5. The number of nitrogens with one attached hydrogen (secondary N) is 1. The average molecular weight is 450 g/mol. The van der Waals surface area contributed by atoms with Gasteiger partial charge in [-0.2, -0.15) is 5.10 Å². The van der Waals surface area contributed by atoms with Crippen LogP contribution < -0.4 is 20.3 Å². The van der Waals surface area contributed by atoms with E-state index in [4.69, 9.17) is 9.47 Å². The van der Waals surface area contributed by atoms with Gasteiger partial charge in [0, 0.05) is 30.3 Å². The maximum absolute atomic E-state index is 12.3. The Balaban J connectivity index is 1.58. The lowest BCUT2D eigenvalue weighted by molar-refractivity contribution is -0.116. The lowest BCUT2D eigenvalue weighted by atomic mass is 10.1. The molecule has 7 heteroatoms. The molecule has 0 saturated heterocycles. The first-order valence-electron chi connectivity index (χ1n) is 11.2. The number of nitrogens with zero attached hydrogens (tertiary/aromatic N) is 2. The first-order valence-corrected chi connectivity index (χ1v) is 11.2. The Kier molecular flexibility index (Phi) is 8.63. The van der Waals surface area contributed by atoms with Crippen LogP contribution in [-0.4, -0.2) is 29.9 Å². The van der Waals surface area contributed by atoms with Crippen LogP contribution in [0.5, 0.6) is 11.5 Å². The van der Waals surface area contributed by atoms with Crippen LogP contribution in [0.2, 0.25) is 0 Å². The fourth-order valence-electron chi connectivity index (χ4n) is 3.51. The van der Waals surface area contributed by atoms with Crippen molar-refractivity contribution in [3.05, 3.63) is 70.5 Å². The maximum Gasteiger partial charge on any atom is 0.266 e. The Morgan fingerprint density at radius 2 is 1.73 bits per heavy atom. The number of aryl methyl sites for hydroxylation is 2. The summed E-state index contributed by atoms with van der Waals surface area (Å²) < 4.78 is 12.0. The van der Waals surface area contributed by atoms with Gasteiger partial charge in [0.2, 0.25) is 5.91 Å². The number of carbonyl (C=O) groups excluding carboxylic acids is 1. The summed E-state index contributed by atoms with van der Waals surface area (Å²) in [6, 6.07) is 16.6. The molecule has 0 aliphatic heterocycles. The lowest BCUT2D eigenvalue weighted by Crippen LogP contribution is -2.23. The molecule has 0 atom stereocenters. The van der Waals surface area contributed by atoms with Crippen LogP contribution in [0.25, 0.3) is 11.3 Å². The van der Waals surface area contributed by atoms with Crippen LogP contribution in [0.3, 0.4) is 0 Å². The van der Waals surface area contributed by atoms with Crippen molar-refractivity contribution in [3.8, 4) is 22.8 Å². The highest BCUT2D eigenvalue weighted by molar-refractivity contribution is 5.90. The van der Waals surface area contributed by atoms with Crippen molar-refractivity contribution in [2.45, 2.75) is 45.6 Å².